The molecule has 2 rings (SSSR count). The number of hydrogen-bond acceptors (Lipinski definition) is 2. The van der Waals surface area contributed by atoms with Crippen LogP contribution >= 0.6 is 0 Å². The van der Waals surface area contributed by atoms with E-state index in [1.54, 1.807) is 6.07 Å². The molecule has 0 aromatic heterocycles. The van der Waals surface area contributed by atoms with Crippen LogP contribution < -0.4 is 0 Å². The van der Waals surface area contributed by atoms with Gasteiger partial charge in [-0.2, -0.15) is 0 Å². The van der Waals surface area contributed by atoms with Crippen LogP contribution in [0.5, 0.6) is 5.75 Å². The highest BCUT2D eigenvalue weighted by Gasteiger charge is 2.53. The monoisotopic (exact) mass is 416 g/mol. The molecule has 30 heavy (non-hydrogen) atoms. The van der Waals surface area contributed by atoms with Gasteiger partial charge < -0.3 is 9.84 Å². The van der Waals surface area contributed by atoms with E-state index in [0.29, 0.717) is 11.2 Å². The fraction of sp³-hybridized carbons (Fsp3) is 0.786. The van der Waals surface area contributed by atoms with Gasteiger partial charge in [0.05, 0.1) is 11.2 Å². The predicted octanol–water partition coefficient (Wildman–Crippen LogP) is 8.60. The standard InChI is InChI=1S/C28H48O2/c1-6-9-18-27(19-10-7-2)20-14-15-22-28(27,21-11-8-3)30-26(4,5)23-24-16-12-13-17-25(24)29/h12-13,16-17,29H,6-11,14-15,18-23H2,1-5H3. The van der Waals surface area contributed by atoms with E-state index in [0.717, 1.165) is 12.0 Å². The van der Waals surface area contributed by atoms with Crippen molar-refractivity contribution < 1.29 is 9.84 Å². The van der Waals surface area contributed by atoms with Crippen LogP contribution in [0.1, 0.15) is 124 Å². The summed E-state index contributed by atoms with van der Waals surface area (Å²) in [4.78, 5) is 0. The van der Waals surface area contributed by atoms with Crippen molar-refractivity contribution in [3.63, 3.8) is 0 Å². The van der Waals surface area contributed by atoms with Gasteiger partial charge in [0.2, 0.25) is 0 Å². The molecule has 0 amide bonds. The van der Waals surface area contributed by atoms with Gasteiger partial charge in [0, 0.05) is 6.42 Å². The van der Waals surface area contributed by atoms with Gasteiger partial charge in [-0.3, -0.25) is 0 Å². The Morgan fingerprint density at radius 1 is 0.867 bits per heavy atom. The number of phenols is 1. The molecule has 0 saturated heterocycles. The Morgan fingerprint density at radius 3 is 2.03 bits per heavy atom. The summed E-state index contributed by atoms with van der Waals surface area (Å²) >= 11 is 0. The Labute approximate surface area is 186 Å². The second kappa shape index (κ2) is 11.6. The summed E-state index contributed by atoms with van der Waals surface area (Å²) in [7, 11) is 0. The smallest absolute Gasteiger partial charge is 0.118 e. The molecule has 1 saturated carbocycles. The fourth-order valence-electron chi connectivity index (χ4n) is 5.97. The highest BCUT2D eigenvalue weighted by molar-refractivity contribution is 5.32. The second-order valence-electron chi connectivity index (χ2n) is 10.5. The molecule has 1 aromatic carbocycles. The molecular formula is C28H48O2. The zero-order valence-electron chi connectivity index (χ0n) is 20.6. The van der Waals surface area contributed by atoms with Crippen LogP contribution in [0.3, 0.4) is 0 Å². The van der Waals surface area contributed by atoms with Crippen molar-refractivity contribution in [2.24, 2.45) is 5.41 Å². The first-order valence-electron chi connectivity index (χ1n) is 12.8. The maximum atomic E-state index is 10.4. The number of aromatic hydroxyl groups is 1. The predicted molar refractivity (Wildman–Crippen MR) is 129 cm³/mol. The lowest BCUT2D eigenvalue weighted by molar-refractivity contribution is -0.228. The van der Waals surface area contributed by atoms with E-state index in [1.807, 2.05) is 18.2 Å². The summed E-state index contributed by atoms with van der Waals surface area (Å²) in [6.07, 6.45) is 17.3. The van der Waals surface area contributed by atoms with Crippen LogP contribution in [0.15, 0.2) is 24.3 Å². The lowest BCUT2D eigenvalue weighted by atomic mass is 9.56. The molecule has 0 bridgehead atoms. The van der Waals surface area contributed by atoms with Crippen molar-refractivity contribution in [1.29, 1.82) is 0 Å². The van der Waals surface area contributed by atoms with Crippen LogP contribution in [-0.4, -0.2) is 16.3 Å². The number of unbranched alkanes of at least 4 members (excludes halogenated alkanes) is 3. The molecule has 0 radical (unpaired) electrons. The minimum absolute atomic E-state index is 0.0283. The quantitative estimate of drug-likeness (QED) is 0.349. The molecule has 2 heteroatoms. The average Bonchev–Trinajstić information content (AvgIpc) is 2.72. The Morgan fingerprint density at radius 2 is 1.43 bits per heavy atom. The third-order valence-corrected chi connectivity index (χ3v) is 7.48. The van der Waals surface area contributed by atoms with Crippen molar-refractivity contribution in [3.8, 4) is 5.75 Å². The molecule has 1 atom stereocenters. The Balaban J connectivity index is 2.38. The molecule has 1 N–H and O–H groups in total. The van der Waals surface area contributed by atoms with Crippen molar-refractivity contribution in [2.45, 2.75) is 136 Å². The van der Waals surface area contributed by atoms with Crippen molar-refractivity contribution in [3.05, 3.63) is 29.8 Å². The summed E-state index contributed by atoms with van der Waals surface area (Å²) in [6.45, 7) is 11.4. The fourth-order valence-corrected chi connectivity index (χ4v) is 5.97. The third kappa shape index (κ3) is 6.25. The molecule has 1 unspecified atom stereocenters. The van der Waals surface area contributed by atoms with Gasteiger partial charge in [0.1, 0.15) is 5.75 Å². The summed E-state index contributed by atoms with van der Waals surface area (Å²) in [5, 5.41) is 10.4. The summed E-state index contributed by atoms with van der Waals surface area (Å²) < 4.78 is 7.33. The number of benzene rings is 1. The molecule has 1 aliphatic carbocycles. The number of hydrogen-bond donors (Lipinski definition) is 1. The van der Waals surface area contributed by atoms with E-state index >= 15 is 0 Å². The van der Waals surface area contributed by atoms with E-state index in [1.165, 1.54) is 83.5 Å². The van der Waals surface area contributed by atoms with E-state index in [9.17, 15) is 5.11 Å². The van der Waals surface area contributed by atoms with Gasteiger partial charge in [-0.15, -0.1) is 0 Å². The van der Waals surface area contributed by atoms with Crippen molar-refractivity contribution in [2.75, 3.05) is 0 Å². The van der Waals surface area contributed by atoms with Crippen LogP contribution in [0, 0.1) is 5.41 Å². The highest BCUT2D eigenvalue weighted by atomic mass is 16.5. The molecule has 1 fully saturated rings. The molecule has 0 spiro atoms. The zero-order valence-corrected chi connectivity index (χ0v) is 20.6. The van der Waals surface area contributed by atoms with Gasteiger partial charge in [0.15, 0.2) is 0 Å². The van der Waals surface area contributed by atoms with E-state index in [2.05, 4.69) is 34.6 Å². The first-order chi connectivity index (χ1) is 14.3. The minimum atomic E-state index is -0.298. The Hall–Kier alpha value is -1.02. The average molecular weight is 417 g/mol. The number of rotatable bonds is 13. The van der Waals surface area contributed by atoms with Crippen molar-refractivity contribution in [1.82, 2.24) is 0 Å². The number of phenolic OH excluding ortho intramolecular Hbond substituents is 1. The molecule has 0 aliphatic heterocycles. The molecule has 1 aliphatic rings. The van der Waals surface area contributed by atoms with Gasteiger partial charge >= 0.3 is 0 Å². The second-order valence-corrected chi connectivity index (χ2v) is 10.5. The van der Waals surface area contributed by atoms with Gasteiger partial charge in [-0.25, -0.2) is 0 Å². The maximum absolute atomic E-state index is 10.4. The van der Waals surface area contributed by atoms with Crippen LogP contribution in [0.4, 0.5) is 0 Å². The van der Waals surface area contributed by atoms with Crippen LogP contribution in [0.2, 0.25) is 0 Å². The van der Waals surface area contributed by atoms with Gasteiger partial charge in [-0.1, -0.05) is 90.3 Å². The molecule has 0 heterocycles. The minimum Gasteiger partial charge on any atom is -0.508 e. The Bertz CT molecular complexity index is 613. The summed E-state index contributed by atoms with van der Waals surface area (Å²) in [5.74, 6) is 0.392. The van der Waals surface area contributed by atoms with Gasteiger partial charge in [0.25, 0.3) is 0 Å². The first-order valence-corrected chi connectivity index (χ1v) is 12.8. The third-order valence-electron chi connectivity index (χ3n) is 7.48. The number of ether oxygens (including phenoxy) is 1. The molecule has 1 aromatic rings. The largest absolute Gasteiger partial charge is 0.508 e. The Kier molecular flexibility index (Phi) is 9.72. The topological polar surface area (TPSA) is 29.5 Å². The molecular weight excluding hydrogens is 368 g/mol. The van der Waals surface area contributed by atoms with Crippen molar-refractivity contribution >= 4 is 0 Å². The normalized spacial score (nSPS) is 21.6. The first kappa shape index (κ1) is 25.2. The highest BCUT2D eigenvalue weighted by Crippen LogP contribution is 2.56. The van der Waals surface area contributed by atoms with Crippen LogP contribution in [-0.2, 0) is 11.2 Å². The zero-order chi connectivity index (χ0) is 22.1. The summed E-state index contributed by atoms with van der Waals surface area (Å²) in [5.41, 5.74) is 0.979. The lowest BCUT2D eigenvalue weighted by Gasteiger charge is -2.57. The van der Waals surface area contributed by atoms with E-state index in [4.69, 9.17) is 4.74 Å². The van der Waals surface area contributed by atoms with Gasteiger partial charge in [-0.05, 0) is 63.0 Å². The number of para-hydroxylation sites is 1. The lowest BCUT2D eigenvalue weighted by Crippen LogP contribution is -2.56. The van der Waals surface area contributed by atoms with E-state index in [-0.39, 0.29) is 11.2 Å². The SMILES string of the molecule is CCCCC1(CCCC)CCCCC1(CCCC)OC(C)(C)Cc1ccccc1O. The van der Waals surface area contributed by atoms with Crippen LogP contribution in [0.25, 0.3) is 0 Å². The summed E-state index contributed by atoms with van der Waals surface area (Å²) in [6, 6.07) is 7.76. The maximum Gasteiger partial charge on any atom is 0.118 e. The molecule has 172 valence electrons. The molecule has 2 nitrogen and oxygen atoms in total. The van der Waals surface area contributed by atoms with E-state index < -0.39 is 0 Å².